The van der Waals surface area contributed by atoms with Crippen molar-refractivity contribution in [1.82, 2.24) is 5.32 Å². The fourth-order valence-electron chi connectivity index (χ4n) is 1.28. The largest absolute Gasteiger partial charge is 0.465 e. The van der Waals surface area contributed by atoms with Crippen LogP contribution in [0.25, 0.3) is 0 Å². The molecule has 0 radical (unpaired) electrons. The molecule has 0 fully saturated rings. The van der Waals surface area contributed by atoms with Crippen LogP contribution in [0, 0.1) is 0 Å². The first-order valence-electron chi connectivity index (χ1n) is 5.38. The number of carbonyl (C=O) groups is 2. The third-order valence-corrected chi connectivity index (χ3v) is 2.34. The molecular weight excluding hydrogens is 252 g/mol. The summed E-state index contributed by atoms with van der Waals surface area (Å²) >= 11 is 4.82. The van der Waals surface area contributed by atoms with Crippen molar-refractivity contribution in [3.8, 4) is 0 Å². The highest BCUT2D eigenvalue weighted by molar-refractivity contribution is 7.80. The standard InChI is InChI=1S/C12H14N2O3S/c1-2-17-10(15)7-14-12(16)9-5-3-4-8(6-9)11(13)18/h3-6H,2,7H2,1H3,(H2,13,18)(H,14,16). The van der Waals surface area contributed by atoms with Crippen LogP contribution >= 0.6 is 12.2 Å². The first-order valence-corrected chi connectivity index (χ1v) is 5.79. The number of nitrogens with one attached hydrogen (secondary N) is 1. The van der Waals surface area contributed by atoms with E-state index in [0.717, 1.165) is 0 Å². The van der Waals surface area contributed by atoms with Gasteiger partial charge >= 0.3 is 5.97 Å². The van der Waals surface area contributed by atoms with Gasteiger partial charge in [0.1, 0.15) is 11.5 Å². The minimum Gasteiger partial charge on any atom is -0.465 e. The van der Waals surface area contributed by atoms with Gasteiger partial charge in [-0.25, -0.2) is 0 Å². The molecule has 0 bridgehead atoms. The second kappa shape index (κ2) is 6.70. The summed E-state index contributed by atoms with van der Waals surface area (Å²) in [5, 5.41) is 2.45. The maximum absolute atomic E-state index is 11.7. The van der Waals surface area contributed by atoms with E-state index in [1.54, 1.807) is 31.2 Å². The van der Waals surface area contributed by atoms with Gasteiger partial charge in [0, 0.05) is 11.1 Å². The lowest BCUT2D eigenvalue weighted by Gasteiger charge is -2.06. The minimum atomic E-state index is -0.476. The molecule has 0 atom stereocenters. The number of hydrogen-bond acceptors (Lipinski definition) is 4. The lowest BCUT2D eigenvalue weighted by atomic mass is 10.1. The Balaban J connectivity index is 2.64. The van der Waals surface area contributed by atoms with Crippen LogP contribution in [0.2, 0.25) is 0 Å². The molecule has 96 valence electrons. The summed E-state index contributed by atoms with van der Waals surface area (Å²) in [5.74, 6) is -0.850. The third kappa shape index (κ3) is 4.14. The number of ether oxygens (including phenoxy) is 1. The number of hydrogen-bond donors (Lipinski definition) is 2. The Hall–Kier alpha value is -1.95. The Bertz CT molecular complexity index is 474. The monoisotopic (exact) mass is 266 g/mol. The van der Waals surface area contributed by atoms with E-state index in [-0.39, 0.29) is 24.0 Å². The highest BCUT2D eigenvalue weighted by Gasteiger charge is 2.09. The number of amides is 1. The van der Waals surface area contributed by atoms with Crippen molar-refractivity contribution in [2.24, 2.45) is 5.73 Å². The number of esters is 1. The molecule has 0 saturated carbocycles. The number of nitrogens with two attached hydrogens (primary N) is 1. The molecule has 1 aromatic rings. The Morgan fingerprint density at radius 1 is 1.39 bits per heavy atom. The van der Waals surface area contributed by atoms with Gasteiger partial charge in [-0.2, -0.15) is 0 Å². The summed E-state index contributed by atoms with van der Waals surface area (Å²) in [6, 6.07) is 6.57. The van der Waals surface area contributed by atoms with E-state index >= 15 is 0 Å². The van der Waals surface area contributed by atoms with Crippen LogP contribution in [0.4, 0.5) is 0 Å². The summed E-state index contributed by atoms with van der Waals surface area (Å²) in [4.78, 5) is 23.0. The van der Waals surface area contributed by atoms with Crippen LogP contribution in [0.1, 0.15) is 22.8 Å². The second-order valence-electron chi connectivity index (χ2n) is 3.43. The van der Waals surface area contributed by atoms with E-state index in [0.29, 0.717) is 11.1 Å². The predicted octanol–water partition coefficient (Wildman–Crippen LogP) is 0.614. The highest BCUT2D eigenvalue weighted by Crippen LogP contribution is 2.05. The van der Waals surface area contributed by atoms with Gasteiger partial charge in [-0.05, 0) is 19.1 Å². The molecular formula is C12H14N2O3S. The first-order chi connectivity index (χ1) is 8.54. The summed E-state index contributed by atoms with van der Waals surface area (Å²) in [5.41, 5.74) is 6.47. The Kier molecular flexibility index (Phi) is 5.26. The SMILES string of the molecule is CCOC(=O)CNC(=O)c1cccc(C(N)=S)c1. The first kappa shape index (κ1) is 14.1. The number of thiocarbonyl (C=S) groups is 1. The van der Waals surface area contributed by atoms with E-state index < -0.39 is 5.97 Å². The van der Waals surface area contributed by atoms with E-state index in [4.69, 9.17) is 22.7 Å². The topological polar surface area (TPSA) is 81.4 Å². The van der Waals surface area contributed by atoms with Crippen molar-refractivity contribution in [3.05, 3.63) is 35.4 Å². The van der Waals surface area contributed by atoms with Crippen molar-refractivity contribution >= 4 is 29.1 Å². The van der Waals surface area contributed by atoms with Crippen molar-refractivity contribution in [1.29, 1.82) is 0 Å². The summed E-state index contributed by atoms with van der Waals surface area (Å²) in [6.07, 6.45) is 0. The van der Waals surface area contributed by atoms with Gasteiger partial charge in [0.15, 0.2) is 0 Å². The van der Waals surface area contributed by atoms with E-state index in [1.807, 2.05) is 0 Å². The van der Waals surface area contributed by atoms with E-state index in [2.05, 4.69) is 5.32 Å². The van der Waals surface area contributed by atoms with Gasteiger partial charge < -0.3 is 15.8 Å². The zero-order valence-corrected chi connectivity index (χ0v) is 10.8. The Morgan fingerprint density at radius 2 is 2.06 bits per heavy atom. The van der Waals surface area contributed by atoms with E-state index in [1.165, 1.54) is 0 Å². The molecule has 0 aromatic heterocycles. The van der Waals surface area contributed by atoms with Crippen LogP contribution in [0.5, 0.6) is 0 Å². The zero-order chi connectivity index (χ0) is 13.5. The number of carbonyl (C=O) groups excluding carboxylic acids is 2. The fourth-order valence-corrected chi connectivity index (χ4v) is 1.41. The molecule has 1 amide bonds. The van der Waals surface area contributed by atoms with Gasteiger partial charge in [0.25, 0.3) is 5.91 Å². The summed E-state index contributed by atoms with van der Waals surface area (Å²) in [7, 11) is 0. The molecule has 6 heteroatoms. The normalized spacial score (nSPS) is 9.61. The molecule has 0 aliphatic rings. The van der Waals surface area contributed by atoms with Crippen LogP contribution in [-0.4, -0.2) is 30.0 Å². The van der Waals surface area contributed by atoms with Gasteiger partial charge in [-0.3, -0.25) is 9.59 Å². The summed E-state index contributed by atoms with van der Waals surface area (Å²) < 4.78 is 4.70. The maximum Gasteiger partial charge on any atom is 0.325 e. The fraction of sp³-hybridized carbons (Fsp3) is 0.250. The molecule has 1 aromatic carbocycles. The zero-order valence-electron chi connectivity index (χ0n) is 9.93. The average Bonchev–Trinajstić information content (AvgIpc) is 2.36. The molecule has 0 aliphatic heterocycles. The lowest BCUT2D eigenvalue weighted by Crippen LogP contribution is -2.30. The molecule has 1 rings (SSSR count). The quantitative estimate of drug-likeness (QED) is 0.603. The van der Waals surface area contributed by atoms with E-state index in [9.17, 15) is 9.59 Å². The molecule has 18 heavy (non-hydrogen) atoms. The van der Waals surface area contributed by atoms with Crippen LogP contribution in [-0.2, 0) is 9.53 Å². The Morgan fingerprint density at radius 3 is 2.67 bits per heavy atom. The molecule has 3 N–H and O–H groups in total. The molecule has 0 heterocycles. The second-order valence-corrected chi connectivity index (χ2v) is 3.87. The van der Waals surface area contributed by atoms with Crippen LogP contribution < -0.4 is 11.1 Å². The highest BCUT2D eigenvalue weighted by atomic mass is 32.1. The third-order valence-electron chi connectivity index (χ3n) is 2.11. The lowest BCUT2D eigenvalue weighted by molar-refractivity contribution is -0.141. The smallest absolute Gasteiger partial charge is 0.325 e. The molecule has 0 aliphatic carbocycles. The van der Waals surface area contributed by atoms with Gasteiger partial charge in [-0.1, -0.05) is 24.4 Å². The van der Waals surface area contributed by atoms with Gasteiger partial charge in [0.2, 0.25) is 0 Å². The minimum absolute atomic E-state index is 0.163. The van der Waals surface area contributed by atoms with Gasteiger partial charge in [-0.15, -0.1) is 0 Å². The molecule has 0 saturated heterocycles. The number of rotatable bonds is 5. The Labute approximate surface area is 110 Å². The molecule has 5 nitrogen and oxygen atoms in total. The van der Waals surface area contributed by atoms with Crippen LogP contribution in [0.15, 0.2) is 24.3 Å². The van der Waals surface area contributed by atoms with Crippen molar-refractivity contribution in [3.63, 3.8) is 0 Å². The van der Waals surface area contributed by atoms with Crippen molar-refractivity contribution in [2.75, 3.05) is 13.2 Å². The van der Waals surface area contributed by atoms with Crippen LogP contribution in [0.3, 0.4) is 0 Å². The van der Waals surface area contributed by atoms with Crippen molar-refractivity contribution in [2.45, 2.75) is 6.92 Å². The predicted molar refractivity (Wildman–Crippen MR) is 71.3 cm³/mol. The number of benzene rings is 1. The maximum atomic E-state index is 11.7. The average molecular weight is 266 g/mol. The molecule has 0 unspecified atom stereocenters. The van der Waals surface area contributed by atoms with Crippen molar-refractivity contribution < 1.29 is 14.3 Å². The molecule has 0 spiro atoms. The van der Waals surface area contributed by atoms with Gasteiger partial charge in [0.05, 0.1) is 6.61 Å². The summed E-state index contributed by atoms with van der Waals surface area (Å²) in [6.45, 7) is 1.82.